The second-order valence-electron chi connectivity index (χ2n) is 7.42. The third-order valence-electron chi connectivity index (χ3n) is 4.93. The van der Waals surface area contributed by atoms with Crippen LogP contribution in [0.15, 0.2) is 65.6 Å². The lowest BCUT2D eigenvalue weighted by molar-refractivity contribution is 0.101. The largest absolute Gasteiger partial charge is 0.496 e. The maximum atomic E-state index is 12.6. The van der Waals surface area contributed by atoms with Gasteiger partial charge in [-0.3, -0.25) is 9.59 Å². The molecule has 0 aliphatic carbocycles. The lowest BCUT2D eigenvalue weighted by Crippen LogP contribution is -2.15. The van der Waals surface area contributed by atoms with Gasteiger partial charge in [-0.1, -0.05) is 12.1 Å². The summed E-state index contributed by atoms with van der Waals surface area (Å²) in [4.78, 5) is 25.3. The maximum Gasteiger partial charge on any atom is 0.255 e. The Morgan fingerprint density at radius 3 is 2.16 bits per heavy atom. The van der Waals surface area contributed by atoms with Crippen molar-refractivity contribution >= 4 is 33.0 Å². The third kappa shape index (κ3) is 5.33. The monoisotopic (exact) mass is 452 g/mol. The van der Waals surface area contributed by atoms with Gasteiger partial charge in [-0.05, 0) is 73.5 Å². The number of ether oxygens (including phenoxy) is 1. The first-order chi connectivity index (χ1) is 15.1. The highest BCUT2D eigenvalue weighted by molar-refractivity contribution is 7.90. The van der Waals surface area contributed by atoms with Crippen LogP contribution in [-0.2, 0) is 9.84 Å². The predicted molar refractivity (Wildman–Crippen MR) is 124 cm³/mol. The van der Waals surface area contributed by atoms with Crippen LogP contribution in [0, 0.1) is 13.8 Å². The first kappa shape index (κ1) is 23.0. The molecule has 3 rings (SSSR count). The molecule has 0 bridgehead atoms. The van der Waals surface area contributed by atoms with Gasteiger partial charge in [-0.15, -0.1) is 0 Å². The molecule has 3 aromatic carbocycles. The van der Waals surface area contributed by atoms with E-state index in [1.165, 1.54) is 18.2 Å². The summed E-state index contributed by atoms with van der Waals surface area (Å²) in [7, 11) is -1.86. The molecule has 32 heavy (non-hydrogen) atoms. The van der Waals surface area contributed by atoms with E-state index in [2.05, 4.69) is 10.6 Å². The van der Waals surface area contributed by atoms with Crippen molar-refractivity contribution in [2.45, 2.75) is 18.7 Å². The van der Waals surface area contributed by atoms with E-state index in [0.717, 1.165) is 17.4 Å². The summed E-state index contributed by atoms with van der Waals surface area (Å²) >= 11 is 0. The van der Waals surface area contributed by atoms with E-state index in [0.29, 0.717) is 22.7 Å². The lowest BCUT2D eigenvalue weighted by Gasteiger charge is -2.12. The number of hydrogen-bond donors (Lipinski definition) is 2. The van der Waals surface area contributed by atoms with E-state index in [9.17, 15) is 18.0 Å². The molecule has 0 radical (unpaired) electrons. The highest BCUT2D eigenvalue weighted by Crippen LogP contribution is 2.23. The van der Waals surface area contributed by atoms with Gasteiger partial charge in [0.15, 0.2) is 9.84 Å². The highest BCUT2D eigenvalue weighted by atomic mass is 32.2. The number of nitrogens with one attached hydrogen (secondary N) is 2. The standard InChI is InChI=1S/C24H24N2O5S/c1-15-8-9-18(14-22(15)31-3)23(27)25-19-10-11-21(16(2)12-19)26-24(28)17-6-5-7-20(13-17)32(4,29)30/h5-14H,1-4H3,(H,25,27)(H,26,28). The first-order valence-corrected chi connectivity index (χ1v) is 11.7. The molecule has 0 aliphatic rings. The van der Waals surface area contributed by atoms with Gasteiger partial charge in [0.25, 0.3) is 11.8 Å². The van der Waals surface area contributed by atoms with Crippen LogP contribution >= 0.6 is 0 Å². The molecule has 0 heterocycles. The molecule has 0 fully saturated rings. The predicted octanol–water partition coefficient (Wildman–Crippen LogP) is 4.22. The van der Waals surface area contributed by atoms with Crippen LogP contribution in [0.3, 0.4) is 0 Å². The van der Waals surface area contributed by atoms with E-state index in [1.807, 2.05) is 13.0 Å². The van der Waals surface area contributed by atoms with Crippen molar-refractivity contribution in [3.05, 3.63) is 82.9 Å². The fraction of sp³-hybridized carbons (Fsp3) is 0.167. The fourth-order valence-corrected chi connectivity index (χ4v) is 3.78. The van der Waals surface area contributed by atoms with Crippen molar-refractivity contribution in [2.24, 2.45) is 0 Å². The number of amides is 2. The zero-order valence-corrected chi connectivity index (χ0v) is 19.0. The van der Waals surface area contributed by atoms with Crippen LogP contribution in [0.4, 0.5) is 11.4 Å². The van der Waals surface area contributed by atoms with E-state index >= 15 is 0 Å². The van der Waals surface area contributed by atoms with E-state index in [-0.39, 0.29) is 16.4 Å². The first-order valence-electron chi connectivity index (χ1n) is 9.76. The average molecular weight is 453 g/mol. The number of methoxy groups -OCH3 is 1. The lowest BCUT2D eigenvalue weighted by atomic mass is 10.1. The summed E-state index contributed by atoms with van der Waals surface area (Å²) in [5.41, 5.74) is 3.49. The summed E-state index contributed by atoms with van der Waals surface area (Å²) in [5, 5.41) is 5.61. The summed E-state index contributed by atoms with van der Waals surface area (Å²) < 4.78 is 28.7. The van der Waals surface area contributed by atoms with Crippen molar-refractivity contribution in [1.29, 1.82) is 0 Å². The Morgan fingerprint density at radius 1 is 0.812 bits per heavy atom. The molecular formula is C24H24N2O5S. The number of anilines is 2. The van der Waals surface area contributed by atoms with Gasteiger partial charge in [0.05, 0.1) is 12.0 Å². The molecule has 0 saturated carbocycles. The van der Waals surface area contributed by atoms with E-state index < -0.39 is 15.7 Å². The summed E-state index contributed by atoms with van der Waals surface area (Å²) in [6.45, 7) is 3.70. The van der Waals surface area contributed by atoms with Crippen LogP contribution in [0.1, 0.15) is 31.8 Å². The van der Waals surface area contributed by atoms with Crippen LogP contribution in [0.5, 0.6) is 5.75 Å². The van der Waals surface area contributed by atoms with E-state index in [4.69, 9.17) is 4.74 Å². The second kappa shape index (κ2) is 9.23. The van der Waals surface area contributed by atoms with E-state index in [1.54, 1.807) is 50.4 Å². The summed E-state index contributed by atoms with van der Waals surface area (Å²) in [6.07, 6.45) is 1.09. The number of aryl methyl sites for hydroxylation is 2. The Kier molecular flexibility index (Phi) is 6.64. The molecule has 8 heteroatoms. The maximum absolute atomic E-state index is 12.6. The normalized spacial score (nSPS) is 11.0. The molecule has 0 unspecified atom stereocenters. The smallest absolute Gasteiger partial charge is 0.255 e. The summed E-state index contributed by atoms with van der Waals surface area (Å²) in [6, 6.07) is 16.2. The van der Waals surface area contributed by atoms with Crippen LogP contribution in [-0.4, -0.2) is 33.6 Å². The number of rotatable bonds is 6. The molecule has 0 atom stereocenters. The van der Waals surface area contributed by atoms with Crippen LogP contribution in [0.2, 0.25) is 0 Å². The van der Waals surface area contributed by atoms with Crippen molar-refractivity contribution in [2.75, 3.05) is 24.0 Å². The average Bonchev–Trinajstić information content (AvgIpc) is 2.75. The zero-order valence-electron chi connectivity index (χ0n) is 18.2. The molecule has 0 saturated heterocycles. The van der Waals surface area contributed by atoms with Crippen LogP contribution < -0.4 is 15.4 Å². The van der Waals surface area contributed by atoms with Crippen molar-refractivity contribution in [3.63, 3.8) is 0 Å². The SMILES string of the molecule is COc1cc(C(=O)Nc2ccc(NC(=O)c3cccc(S(C)(=O)=O)c3)c(C)c2)ccc1C. The van der Waals surface area contributed by atoms with Gasteiger partial charge >= 0.3 is 0 Å². The van der Waals surface area contributed by atoms with Crippen molar-refractivity contribution < 1.29 is 22.7 Å². The summed E-state index contributed by atoms with van der Waals surface area (Å²) in [5.74, 6) is -0.0777. The molecule has 0 aromatic heterocycles. The Balaban J connectivity index is 1.74. The molecule has 7 nitrogen and oxygen atoms in total. The van der Waals surface area contributed by atoms with Crippen molar-refractivity contribution in [3.8, 4) is 5.75 Å². The quantitative estimate of drug-likeness (QED) is 0.583. The number of benzene rings is 3. The Morgan fingerprint density at radius 2 is 1.50 bits per heavy atom. The number of carbonyl (C=O) groups is 2. The minimum Gasteiger partial charge on any atom is -0.496 e. The minimum atomic E-state index is -3.41. The molecule has 2 amide bonds. The molecule has 3 aromatic rings. The fourth-order valence-electron chi connectivity index (χ4n) is 3.11. The molecular weight excluding hydrogens is 428 g/mol. The third-order valence-corrected chi connectivity index (χ3v) is 6.04. The van der Waals surface area contributed by atoms with Crippen LogP contribution in [0.25, 0.3) is 0 Å². The van der Waals surface area contributed by atoms with Gasteiger partial charge in [0.1, 0.15) is 5.75 Å². The topological polar surface area (TPSA) is 102 Å². The Labute approximate surface area is 187 Å². The molecule has 166 valence electrons. The molecule has 0 spiro atoms. The highest BCUT2D eigenvalue weighted by Gasteiger charge is 2.14. The van der Waals surface area contributed by atoms with Gasteiger partial charge in [0.2, 0.25) is 0 Å². The molecule has 2 N–H and O–H groups in total. The molecule has 0 aliphatic heterocycles. The van der Waals surface area contributed by atoms with Gasteiger partial charge in [-0.2, -0.15) is 0 Å². The van der Waals surface area contributed by atoms with Gasteiger partial charge in [-0.25, -0.2) is 8.42 Å². The number of sulfone groups is 1. The van der Waals surface area contributed by atoms with Gasteiger partial charge < -0.3 is 15.4 Å². The zero-order chi connectivity index (χ0) is 23.5. The Hall–Kier alpha value is -3.65. The van der Waals surface area contributed by atoms with Gasteiger partial charge in [0, 0.05) is 28.8 Å². The Bertz CT molecular complexity index is 1300. The van der Waals surface area contributed by atoms with Crippen molar-refractivity contribution in [1.82, 2.24) is 0 Å². The second-order valence-corrected chi connectivity index (χ2v) is 9.44. The number of hydrogen-bond acceptors (Lipinski definition) is 5. The number of carbonyl (C=O) groups excluding carboxylic acids is 2. The minimum absolute atomic E-state index is 0.0765.